The third-order valence-corrected chi connectivity index (χ3v) is 2.00. The standard InChI is InChI=1S/C10H11F2NO3/c1-6(14)5-13-7-2-3-8-9(4-7)16-10(11,12)15-8/h2-4,6,13-14H,5H2,1H3/t6-/m0/s1. The lowest BCUT2D eigenvalue weighted by Crippen LogP contribution is -2.25. The molecule has 1 aliphatic heterocycles. The molecule has 0 saturated heterocycles. The molecule has 4 nitrogen and oxygen atoms in total. The van der Waals surface area contributed by atoms with Crippen LogP contribution in [0.4, 0.5) is 14.5 Å². The van der Waals surface area contributed by atoms with E-state index in [0.717, 1.165) is 0 Å². The van der Waals surface area contributed by atoms with Crippen LogP contribution in [0, 0.1) is 0 Å². The third-order valence-electron chi connectivity index (χ3n) is 2.00. The molecule has 6 heteroatoms. The lowest BCUT2D eigenvalue weighted by molar-refractivity contribution is -0.286. The van der Waals surface area contributed by atoms with E-state index in [-0.39, 0.29) is 11.5 Å². The molecule has 0 bridgehead atoms. The Hall–Kier alpha value is -1.56. The summed E-state index contributed by atoms with van der Waals surface area (Å²) >= 11 is 0. The van der Waals surface area contributed by atoms with Crippen LogP contribution in [0.1, 0.15) is 6.92 Å². The zero-order chi connectivity index (χ0) is 11.8. The zero-order valence-corrected chi connectivity index (χ0v) is 8.54. The molecule has 1 aliphatic rings. The van der Waals surface area contributed by atoms with Gasteiger partial charge >= 0.3 is 6.29 Å². The first-order valence-corrected chi connectivity index (χ1v) is 4.78. The molecule has 2 N–H and O–H groups in total. The fourth-order valence-electron chi connectivity index (χ4n) is 1.32. The van der Waals surface area contributed by atoms with Crippen LogP contribution >= 0.6 is 0 Å². The number of rotatable bonds is 3. The molecule has 0 amide bonds. The summed E-state index contributed by atoms with van der Waals surface area (Å²) in [5, 5.41) is 11.9. The third kappa shape index (κ3) is 2.33. The number of hydrogen-bond acceptors (Lipinski definition) is 4. The van der Waals surface area contributed by atoms with E-state index in [0.29, 0.717) is 12.2 Å². The highest BCUT2D eigenvalue weighted by atomic mass is 19.3. The van der Waals surface area contributed by atoms with E-state index in [9.17, 15) is 8.78 Å². The molecule has 88 valence electrons. The first kappa shape index (κ1) is 10.9. The van der Waals surface area contributed by atoms with Gasteiger partial charge in [-0.15, -0.1) is 8.78 Å². The summed E-state index contributed by atoms with van der Waals surface area (Å²) in [7, 11) is 0. The minimum absolute atomic E-state index is 0.00703. The highest BCUT2D eigenvalue weighted by Gasteiger charge is 2.43. The summed E-state index contributed by atoms with van der Waals surface area (Å²) in [6.07, 6.45) is -4.11. The molecule has 0 unspecified atom stereocenters. The molecule has 2 rings (SSSR count). The van der Waals surface area contributed by atoms with Gasteiger partial charge in [0.15, 0.2) is 11.5 Å². The molecule has 0 aliphatic carbocycles. The van der Waals surface area contributed by atoms with Crippen molar-refractivity contribution in [2.45, 2.75) is 19.3 Å². The first-order chi connectivity index (χ1) is 7.46. The highest BCUT2D eigenvalue weighted by molar-refractivity contribution is 5.55. The smallest absolute Gasteiger partial charge is 0.395 e. The number of benzene rings is 1. The molecule has 0 aromatic heterocycles. The summed E-state index contributed by atoms with van der Waals surface area (Å²) in [4.78, 5) is 0. The Morgan fingerprint density at radius 2 is 2.06 bits per heavy atom. The average molecular weight is 231 g/mol. The predicted molar refractivity (Wildman–Crippen MR) is 52.8 cm³/mol. The molecule has 0 radical (unpaired) electrons. The minimum Gasteiger partial charge on any atom is -0.395 e. The van der Waals surface area contributed by atoms with Crippen molar-refractivity contribution in [2.24, 2.45) is 0 Å². The molecule has 16 heavy (non-hydrogen) atoms. The van der Waals surface area contributed by atoms with Crippen LogP contribution in [-0.2, 0) is 0 Å². The number of alkyl halides is 2. The fraction of sp³-hybridized carbons (Fsp3) is 0.400. The molecular weight excluding hydrogens is 220 g/mol. The van der Waals surface area contributed by atoms with Crippen LogP contribution in [0.5, 0.6) is 11.5 Å². The monoisotopic (exact) mass is 231 g/mol. The summed E-state index contributed by atoms with van der Waals surface area (Å²) in [5.41, 5.74) is 0.584. The molecule has 1 aromatic carbocycles. The average Bonchev–Trinajstić information content (AvgIpc) is 2.47. The van der Waals surface area contributed by atoms with Crippen LogP contribution in [0.3, 0.4) is 0 Å². The first-order valence-electron chi connectivity index (χ1n) is 4.78. The maximum Gasteiger partial charge on any atom is 0.586 e. The second-order valence-electron chi connectivity index (χ2n) is 3.56. The van der Waals surface area contributed by atoms with E-state index in [1.807, 2.05) is 0 Å². The van der Waals surface area contributed by atoms with Gasteiger partial charge in [-0.05, 0) is 19.1 Å². The highest BCUT2D eigenvalue weighted by Crippen LogP contribution is 2.42. The van der Waals surface area contributed by atoms with E-state index >= 15 is 0 Å². The topological polar surface area (TPSA) is 50.7 Å². The Balaban J connectivity index is 2.10. The summed E-state index contributed by atoms with van der Waals surface area (Å²) in [6, 6.07) is 4.37. The molecule has 1 aromatic rings. The summed E-state index contributed by atoms with van der Waals surface area (Å²) < 4.78 is 33.9. The van der Waals surface area contributed by atoms with Crippen LogP contribution in [0.25, 0.3) is 0 Å². The van der Waals surface area contributed by atoms with Crippen LogP contribution in [-0.4, -0.2) is 24.0 Å². The van der Waals surface area contributed by atoms with Gasteiger partial charge in [-0.25, -0.2) is 0 Å². The van der Waals surface area contributed by atoms with Crippen LogP contribution < -0.4 is 14.8 Å². The Kier molecular flexibility index (Phi) is 2.59. The number of aliphatic hydroxyl groups excluding tert-OH is 1. The summed E-state index contributed by atoms with van der Waals surface area (Å²) in [6.45, 7) is 1.95. The molecule has 1 atom stereocenters. The van der Waals surface area contributed by atoms with Crippen molar-refractivity contribution in [2.75, 3.05) is 11.9 Å². The molecule has 0 saturated carbocycles. The lowest BCUT2D eigenvalue weighted by Gasteiger charge is -2.08. The van der Waals surface area contributed by atoms with Gasteiger partial charge in [0, 0.05) is 18.3 Å². The van der Waals surface area contributed by atoms with Crippen molar-refractivity contribution in [3.05, 3.63) is 18.2 Å². The Labute approximate surface area is 90.8 Å². The number of ether oxygens (including phenoxy) is 2. The fourth-order valence-corrected chi connectivity index (χ4v) is 1.32. The Morgan fingerprint density at radius 3 is 2.75 bits per heavy atom. The lowest BCUT2D eigenvalue weighted by atomic mass is 10.2. The predicted octanol–water partition coefficient (Wildman–Crippen LogP) is 1.80. The second-order valence-corrected chi connectivity index (χ2v) is 3.56. The van der Waals surface area contributed by atoms with Gasteiger partial charge < -0.3 is 19.9 Å². The van der Waals surface area contributed by atoms with E-state index in [2.05, 4.69) is 14.8 Å². The Morgan fingerprint density at radius 1 is 1.38 bits per heavy atom. The maximum atomic E-state index is 12.7. The van der Waals surface area contributed by atoms with Gasteiger partial charge in [0.25, 0.3) is 0 Å². The van der Waals surface area contributed by atoms with Gasteiger partial charge in [0.05, 0.1) is 6.10 Å². The van der Waals surface area contributed by atoms with E-state index in [1.165, 1.54) is 12.1 Å². The SMILES string of the molecule is C[C@H](O)CNc1ccc2c(c1)OC(F)(F)O2. The molecular formula is C10H11F2NO3. The van der Waals surface area contributed by atoms with Crippen molar-refractivity contribution >= 4 is 5.69 Å². The zero-order valence-electron chi connectivity index (χ0n) is 8.54. The van der Waals surface area contributed by atoms with Crippen molar-refractivity contribution in [3.63, 3.8) is 0 Å². The number of halogens is 2. The van der Waals surface area contributed by atoms with Crippen molar-refractivity contribution < 1.29 is 23.4 Å². The number of nitrogens with one attached hydrogen (secondary N) is 1. The van der Waals surface area contributed by atoms with Crippen molar-refractivity contribution in [1.29, 1.82) is 0 Å². The molecule has 0 spiro atoms. The van der Waals surface area contributed by atoms with Gasteiger partial charge in [-0.3, -0.25) is 0 Å². The molecule has 1 heterocycles. The van der Waals surface area contributed by atoms with Gasteiger partial charge in [0.1, 0.15) is 0 Å². The van der Waals surface area contributed by atoms with Gasteiger partial charge in [-0.1, -0.05) is 0 Å². The number of fused-ring (bicyclic) bond motifs is 1. The number of anilines is 1. The van der Waals surface area contributed by atoms with Crippen LogP contribution in [0.2, 0.25) is 0 Å². The number of aliphatic hydroxyl groups is 1. The largest absolute Gasteiger partial charge is 0.586 e. The second kappa shape index (κ2) is 3.79. The quantitative estimate of drug-likeness (QED) is 0.832. The van der Waals surface area contributed by atoms with Crippen LogP contribution in [0.15, 0.2) is 18.2 Å². The number of hydrogen-bond donors (Lipinski definition) is 2. The van der Waals surface area contributed by atoms with E-state index < -0.39 is 12.4 Å². The van der Waals surface area contributed by atoms with Crippen molar-refractivity contribution in [3.8, 4) is 11.5 Å². The van der Waals surface area contributed by atoms with Crippen molar-refractivity contribution in [1.82, 2.24) is 0 Å². The Bertz CT molecular complexity index is 396. The minimum atomic E-state index is -3.59. The van der Waals surface area contributed by atoms with E-state index in [1.54, 1.807) is 13.0 Å². The normalized spacial score (nSPS) is 18.2. The maximum absolute atomic E-state index is 12.7. The van der Waals surface area contributed by atoms with Gasteiger partial charge in [0.2, 0.25) is 0 Å². The van der Waals surface area contributed by atoms with Gasteiger partial charge in [-0.2, -0.15) is 0 Å². The summed E-state index contributed by atoms with van der Waals surface area (Å²) in [5.74, 6) is -0.00631. The molecule has 0 fully saturated rings. The van der Waals surface area contributed by atoms with E-state index in [4.69, 9.17) is 5.11 Å².